The van der Waals surface area contributed by atoms with Crippen LogP contribution in [0.1, 0.15) is 151 Å². The van der Waals surface area contributed by atoms with Crippen LogP contribution >= 0.6 is 0 Å². The van der Waals surface area contributed by atoms with E-state index in [4.69, 9.17) is 0 Å². The molecule has 0 spiro atoms. The van der Waals surface area contributed by atoms with Crippen molar-refractivity contribution in [1.29, 1.82) is 0 Å². The molecular weight excluding hydrogens is 454 g/mol. The van der Waals surface area contributed by atoms with E-state index in [0.717, 1.165) is 25.3 Å². The molecule has 0 saturated carbocycles. The number of ketones is 1. The summed E-state index contributed by atoms with van der Waals surface area (Å²) >= 11 is 0. The van der Waals surface area contributed by atoms with Crippen molar-refractivity contribution in [1.82, 2.24) is 0 Å². The number of unbranched alkanes of at least 4 members (excludes halogenated alkanes) is 18. The van der Waals surface area contributed by atoms with Crippen LogP contribution in [-0.2, 0) is 11.2 Å². The molecule has 0 heterocycles. The van der Waals surface area contributed by atoms with Crippen LogP contribution in [0.5, 0.6) is 5.75 Å². The highest BCUT2D eigenvalue weighted by Gasteiger charge is 2.17. The highest BCUT2D eigenvalue weighted by molar-refractivity contribution is 5.86. The molecule has 6 nitrogen and oxygen atoms in total. The minimum absolute atomic E-state index is 0.0744. The second-order valence-corrected chi connectivity index (χ2v) is 10.2. The van der Waals surface area contributed by atoms with E-state index in [9.17, 15) is 24.8 Å². The monoisotopic (exact) mass is 503 g/mol. The zero-order valence-electron chi connectivity index (χ0n) is 22.6. The predicted molar refractivity (Wildman–Crippen MR) is 147 cm³/mol. The highest BCUT2D eigenvalue weighted by Crippen LogP contribution is 2.28. The van der Waals surface area contributed by atoms with Crippen molar-refractivity contribution in [3.8, 4) is 5.75 Å². The quantitative estimate of drug-likeness (QED) is 0.0656. The van der Waals surface area contributed by atoms with E-state index in [1.807, 2.05) is 0 Å². The fourth-order valence-corrected chi connectivity index (χ4v) is 4.73. The molecular formula is C30H49NO5. The maximum Gasteiger partial charge on any atom is 0.270 e. The van der Waals surface area contributed by atoms with Gasteiger partial charge in [0.1, 0.15) is 11.5 Å². The summed E-state index contributed by atoms with van der Waals surface area (Å²) < 4.78 is 0. The van der Waals surface area contributed by atoms with Gasteiger partial charge < -0.3 is 5.11 Å². The lowest BCUT2D eigenvalue weighted by atomic mass is 9.99. The molecule has 1 N–H and O–H groups in total. The van der Waals surface area contributed by atoms with Gasteiger partial charge in [0.05, 0.1) is 10.5 Å². The number of nitro benzene ring substituents is 1. The zero-order valence-corrected chi connectivity index (χ0v) is 22.6. The first-order chi connectivity index (χ1) is 17.5. The lowest BCUT2D eigenvalue weighted by Crippen LogP contribution is -2.05. The summed E-state index contributed by atoms with van der Waals surface area (Å²) in [5, 5.41) is 21.1. The molecule has 0 aliphatic heterocycles. The van der Waals surface area contributed by atoms with Gasteiger partial charge in [-0.05, 0) is 6.42 Å². The van der Waals surface area contributed by atoms with Crippen molar-refractivity contribution in [3.63, 3.8) is 0 Å². The van der Waals surface area contributed by atoms with Crippen molar-refractivity contribution in [2.24, 2.45) is 0 Å². The van der Waals surface area contributed by atoms with Crippen LogP contribution in [-0.4, -0.2) is 22.1 Å². The number of non-ortho nitro benzene ring substituents is 1. The number of nitro groups is 1. The molecule has 0 unspecified atom stereocenters. The Morgan fingerprint density at radius 2 is 1.19 bits per heavy atom. The van der Waals surface area contributed by atoms with Gasteiger partial charge in [-0.25, -0.2) is 0 Å². The summed E-state index contributed by atoms with van der Waals surface area (Å²) in [6.07, 6.45) is 25.3. The van der Waals surface area contributed by atoms with E-state index in [-0.39, 0.29) is 34.8 Å². The summed E-state index contributed by atoms with van der Waals surface area (Å²) in [6.45, 7) is 2.27. The maximum absolute atomic E-state index is 12.3. The van der Waals surface area contributed by atoms with Crippen LogP contribution < -0.4 is 0 Å². The summed E-state index contributed by atoms with van der Waals surface area (Å²) in [7, 11) is 0. The van der Waals surface area contributed by atoms with E-state index in [0.29, 0.717) is 12.7 Å². The number of rotatable bonds is 24. The second kappa shape index (κ2) is 20.9. The third kappa shape index (κ3) is 15.0. The van der Waals surface area contributed by atoms with E-state index >= 15 is 0 Å². The zero-order chi connectivity index (χ0) is 26.4. The number of aromatic hydroxyl groups is 1. The molecule has 0 aliphatic rings. The Morgan fingerprint density at radius 1 is 0.778 bits per heavy atom. The Morgan fingerprint density at radius 3 is 1.58 bits per heavy atom. The van der Waals surface area contributed by atoms with Gasteiger partial charge >= 0.3 is 0 Å². The number of aldehydes is 1. The Balaban J connectivity index is 1.97. The number of Topliss-reactive ketones (excluding diaryl/α,β-unsaturated/α-hetero) is 1. The Bertz CT molecular complexity index is 762. The largest absolute Gasteiger partial charge is 0.507 e. The number of hydrogen-bond acceptors (Lipinski definition) is 5. The number of nitrogens with zero attached hydrogens (tertiary/aromatic N) is 1. The summed E-state index contributed by atoms with van der Waals surface area (Å²) in [6, 6.07) is 2.20. The summed E-state index contributed by atoms with van der Waals surface area (Å²) in [4.78, 5) is 33.7. The molecule has 6 heteroatoms. The van der Waals surface area contributed by atoms with Crippen LogP contribution in [0.2, 0.25) is 0 Å². The first kappa shape index (κ1) is 31.8. The first-order valence-electron chi connectivity index (χ1n) is 14.5. The van der Waals surface area contributed by atoms with Gasteiger partial charge in [0.15, 0.2) is 6.29 Å². The number of phenolic OH excluding ortho intramolecular Hbond substituents is 1. The standard InChI is InChI=1S/C30H49NO5/c1-2-3-4-5-6-7-8-9-10-11-12-13-14-15-16-17-18-19-20-21-29(33)24-26-22-28(31(35)36)23-27(25-32)30(26)34/h22-23,25,34H,2-21,24H2,1H3. The highest BCUT2D eigenvalue weighted by atomic mass is 16.6. The van der Waals surface area contributed by atoms with Crippen LogP contribution in [0.4, 0.5) is 5.69 Å². The molecule has 0 aromatic heterocycles. The number of hydrogen-bond donors (Lipinski definition) is 1. The van der Waals surface area contributed by atoms with E-state index in [2.05, 4.69) is 6.92 Å². The fraction of sp³-hybridized carbons (Fsp3) is 0.733. The van der Waals surface area contributed by atoms with Gasteiger partial charge in [-0.15, -0.1) is 0 Å². The molecule has 0 radical (unpaired) electrons. The van der Waals surface area contributed by atoms with Gasteiger partial charge in [0.25, 0.3) is 5.69 Å². The number of benzene rings is 1. The van der Waals surface area contributed by atoms with Crippen molar-refractivity contribution in [3.05, 3.63) is 33.4 Å². The molecule has 0 saturated heterocycles. The molecule has 1 aromatic carbocycles. The van der Waals surface area contributed by atoms with Crippen molar-refractivity contribution in [2.75, 3.05) is 0 Å². The summed E-state index contributed by atoms with van der Waals surface area (Å²) in [5.41, 5.74) is -0.300. The normalized spacial score (nSPS) is 11.0. The van der Waals surface area contributed by atoms with Crippen LogP contribution in [0.3, 0.4) is 0 Å². The molecule has 0 fully saturated rings. The number of carbonyl (C=O) groups is 2. The van der Waals surface area contributed by atoms with Crippen molar-refractivity contribution in [2.45, 2.75) is 142 Å². The third-order valence-electron chi connectivity index (χ3n) is 6.99. The SMILES string of the molecule is CCCCCCCCCCCCCCCCCCCCCC(=O)Cc1cc([N+](=O)[O-])cc(C=O)c1O. The second-order valence-electron chi connectivity index (χ2n) is 10.2. The number of phenols is 1. The van der Waals surface area contributed by atoms with E-state index in [1.54, 1.807) is 0 Å². The van der Waals surface area contributed by atoms with E-state index < -0.39 is 4.92 Å². The van der Waals surface area contributed by atoms with E-state index in [1.165, 1.54) is 109 Å². The summed E-state index contributed by atoms with van der Waals surface area (Å²) in [5.74, 6) is -0.410. The van der Waals surface area contributed by atoms with Gasteiger partial charge in [-0.2, -0.15) is 0 Å². The predicted octanol–water partition coefficient (Wildman–Crippen LogP) is 9.05. The molecule has 0 amide bonds. The molecule has 204 valence electrons. The fourth-order valence-electron chi connectivity index (χ4n) is 4.73. The minimum atomic E-state index is -0.627. The Labute approximate surface area is 218 Å². The molecule has 1 aromatic rings. The van der Waals surface area contributed by atoms with Crippen LogP contribution in [0.25, 0.3) is 0 Å². The molecule has 1 rings (SSSR count). The average Bonchev–Trinajstić information content (AvgIpc) is 2.86. The van der Waals surface area contributed by atoms with Gasteiger partial charge in [-0.1, -0.05) is 122 Å². The molecule has 0 atom stereocenters. The van der Waals surface area contributed by atoms with Crippen molar-refractivity contribution >= 4 is 17.8 Å². The average molecular weight is 504 g/mol. The van der Waals surface area contributed by atoms with Crippen LogP contribution in [0.15, 0.2) is 12.1 Å². The van der Waals surface area contributed by atoms with Crippen molar-refractivity contribution < 1.29 is 19.6 Å². The first-order valence-corrected chi connectivity index (χ1v) is 14.5. The van der Waals surface area contributed by atoms with Crippen LogP contribution in [0, 0.1) is 10.1 Å². The Kier molecular flexibility index (Phi) is 18.5. The van der Waals surface area contributed by atoms with Gasteiger partial charge in [-0.3, -0.25) is 19.7 Å². The lowest BCUT2D eigenvalue weighted by Gasteiger charge is -2.07. The van der Waals surface area contributed by atoms with Gasteiger partial charge in [0, 0.05) is 30.5 Å². The number of carbonyl (C=O) groups excluding carboxylic acids is 2. The van der Waals surface area contributed by atoms with Gasteiger partial charge in [0.2, 0.25) is 0 Å². The smallest absolute Gasteiger partial charge is 0.270 e. The topological polar surface area (TPSA) is 97.5 Å². The third-order valence-corrected chi connectivity index (χ3v) is 6.99. The maximum atomic E-state index is 12.3. The minimum Gasteiger partial charge on any atom is -0.507 e. The lowest BCUT2D eigenvalue weighted by molar-refractivity contribution is -0.384. The Hall–Kier alpha value is -2.24. The molecule has 36 heavy (non-hydrogen) atoms. The molecule has 0 aliphatic carbocycles. The molecule has 0 bridgehead atoms.